The van der Waals surface area contributed by atoms with Gasteiger partial charge in [0, 0.05) is 6.61 Å². The number of rotatable bonds is 3. The normalized spacial score (nSPS) is 7.71. The second-order valence-electron chi connectivity index (χ2n) is 0.921. The molecule has 0 aromatic carbocycles. The van der Waals surface area contributed by atoms with Crippen LogP contribution in [-0.2, 0) is 4.74 Å². The topological polar surface area (TPSA) is 29.5 Å². The molecule has 0 saturated carbocycles. The van der Waals surface area contributed by atoms with E-state index >= 15 is 0 Å². The Morgan fingerprint density at radius 2 is 2.14 bits per heavy atom. The van der Waals surface area contributed by atoms with Gasteiger partial charge in [0.25, 0.3) is 0 Å². The summed E-state index contributed by atoms with van der Waals surface area (Å²) in [6.07, 6.45) is 0. The maximum absolute atomic E-state index is 8.07. The molecule has 0 aliphatic carbocycles. The molecule has 0 atom stereocenters. The maximum atomic E-state index is 8.07. The van der Waals surface area contributed by atoms with Crippen molar-refractivity contribution in [1.82, 2.24) is 0 Å². The fourth-order valence-corrected chi connectivity index (χ4v) is 0.209. The van der Waals surface area contributed by atoms with Crippen molar-refractivity contribution in [2.45, 2.75) is 6.92 Å². The predicted octanol–water partition coefficient (Wildman–Crippen LogP) is -1.17. The molecule has 0 spiro atoms. The third kappa shape index (κ3) is 10.9. The average Bonchev–Trinajstić information content (AvgIpc) is 1.61. The molecule has 0 aromatic heterocycles. The Bertz CT molecular complexity index is 21.7. The van der Waals surface area contributed by atoms with Crippen LogP contribution in [0, 0.1) is 0 Å². The van der Waals surface area contributed by atoms with Gasteiger partial charge >= 0.3 is 26.2 Å². The quantitative estimate of drug-likeness (QED) is 0.526. The van der Waals surface area contributed by atoms with Gasteiger partial charge in [-0.3, -0.25) is 0 Å². The van der Waals surface area contributed by atoms with Gasteiger partial charge in [0.05, 0.1) is 13.2 Å². The van der Waals surface area contributed by atoms with Crippen LogP contribution >= 0.6 is 0 Å². The Labute approximate surface area is 63.0 Å². The van der Waals surface area contributed by atoms with Crippen LogP contribution in [0.1, 0.15) is 6.92 Å². The number of aliphatic hydroxyl groups excluding tert-OH is 1. The van der Waals surface area contributed by atoms with Crippen LogP contribution in [0.4, 0.5) is 0 Å². The first-order chi connectivity index (χ1) is 2.91. The summed E-state index contributed by atoms with van der Waals surface area (Å²) in [6, 6.07) is 0. The summed E-state index contributed by atoms with van der Waals surface area (Å²) in [5.41, 5.74) is 0. The van der Waals surface area contributed by atoms with Gasteiger partial charge in [-0.15, -0.1) is 0 Å². The van der Waals surface area contributed by atoms with Crippen LogP contribution in [0.15, 0.2) is 0 Å². The van der Waals surface area contributed by atoms with Gasteiger partial charge in [-0.05, 0) is 6.92 Å². The van der Waals surface area contributed by atoms with Crippen LogP contribution in [0.25, 0.3) is 0 Å². The third-order valence-corrected chi connectivity index (χ3v) is 0.440. The number of hydrogen-bond acceptors (Lipinski definition) is 2. The molecule has 0 aromatic rings. The summed E-state index contributed by atoms with van der Waals surface area (Å²) in [4.78, 5) is 0. The van der Waals surface area contributed by atoms with Crippen LogP contribution in [0.5, 0.6) is 0 Å². The Morgan fingerprint density at radius 1 is 1.57 bits per heavy atom. The zero-order chi connectivity index (χ0) is 4.83. The molecule has 0 fully saturated rings. The van der Waals surface area contributed by atoms with Gasteiger partial charge in [-0.2, -0.15) is 0 Å². The minimum atomic E-state index is 0. The molecule has 3 heteroatoms. The monoisotopic (exact) mass is 302 g/mol. The van der Waals surface area contributed by atoms with E-state index in [9.17, 15) is 0 Å². The van der Waals surface area contributed by atoms with Crippen molar-refractivity contribution in [3.05, 3.63) is 0 Å². The molecule has 0 unspecified atom stereocenters. The molecule has 7 heavy (non-hydrogen) atoms. The molecular weight excluding hydrogens is 289 g/mol. The van der Waals surface area contributed by atoms with E-state index < -0.39 is 0 Å². The molecule has 0 saturated heterocycles. The van der Waals surface area contributed by atoms with Gasteiger partial charge in [0.2, 0.25) is 0 Å². The van der Waals surface area contributed by atoms with E-state index in [-0.39, 0.29) is 32.8 Å². The fraction of sp³-hybridized carbons (Fsp3) is 1.00. The fourth-order valence-electron chi connectivity index (χ4n) is 0.209. The van der Waals surface area contributed by atoms with Crippen LogP contribution in [0.2, 0.25) is 0 Å². The summed E-state index contributed by atoms with van der Waals surface area (Å²) in [6.45, 7) is 3.20. The Kier molecular flexibility index (Phi) is 15.2. The van der Waals surface area contributed by atoms with Crippen molar-refractivity contribution < 1.29 is 9.84 Å². The van der Waals surface area contributed by atoms with Gasteiger partial charge in [-0.1, -0.05) is 0 Å². The molecule has 0 aliphatic heterocycles. The molecule has 2 nitrogen and oxygen atoms in total. The van der Waals surface area contributed by atoms with Gasteiger partial charge in [0.1, 0.15) is 0 Å². The predicted molar refractivity (Wildman–Crippen MR) is 33.5 cm³/mol. The first-order valence-electron chi connectivity index (χ1n) is 2.10. The number of hydrogen-bond donors (Lipinski definition) is 1. The SMILES string of the molecule is CCOCCO.[BiH3]. The second-order valence-corrected chi connectivity index (χ2v) is 0.921. The van der Waals surface area contributed by atoms with Gasteiger partial charge < -0.3 is 9.84 Å². The zero-order valence-corrected chi connectivity index (χ0v) is 10.2. The Balaban J connectivity index is 0. The van der Waals surface area contributed by atoms with Crippen LogP contribution in [0.3, 0.4) is 0 Å². The summed E-state index contributed by atoms with van der Waals surface area (Å²) >= 11 is 0. The minimum absolute atomic E-state index is 0. The summed E-state index contributed by atoms with van der Waals surface area (Å²) in [7, 11) is 0. The summed E-state index contributed by atoms with van der Waals surface area (Å²) in [5.74, 6) is 0. The summed E-state index contributed by atoms with van der Waals surface area (Å²) in [5, 5.41) is 8.07. The van der Waals surface area contributed by atoms with Crippen LogP contribution in [-0.4, -0.2) is 51.1 Å². The second kappa shape index (κ2) is 9.93. The van der Waals surface area contributed by atoms with E-state index in [0.717, 1.165) is 0 Å². The molecule has 0 radical (unpaired) electrons. The molecule has 0 aliphatic rings. The van der Waals surface area contributed by atoms with Crippen molar-refractivity contribution in [1.29, 1.82) is 0 Å². The molecule has 0 rings (SSSR count). The Hall–Kier alpha value is 0.803. The van der Waals surface area contributed by atoms with Gasteiger partial charge in [-0.25, -0.2) is 0 Å². The van der Waals surface area contributed by atoms with E-state index in [2.05, 4.69) is 0 Å². The molecule has 0 bridgehead atoms. The van der Waals surface area contributed by atoms with Crippen LogP contribution < -0.4 is 0 Å². The van der Waals surface area contributed by atoms with E-state index in [0.29, 0.717) is 13.2 Å². The average molecular weight is 302 g/mol. The Morgan fingerprint density at radius 3 is 2.29 bits per heavy atom. The van der Waals surface area contributed by atoms with Crippen molar-refractivity contribution in [3.63, 3.8) is 0 Å². The van der Waals surface area contributed by atoms with Crippen molar-refractivity contribution >= 4 is 26.2 Å². The van der Waals surface area contributed by atoms with E-state index in [1.165, 1.54) is 0 Å². The summed E-state index contributed by atoms with van der Waals surface area (Å²) < 4.78 is 4.73. The van der Waals surface area contributed by atoms with E-state index in [1.807, 2.05) is 6.92 Å². The molecule has 1 N–H and O–H groups in total. The first kappa shape index (κ1) is 10.7. The van der Waals surface area contributed by atoms with Crippen molar-refractivity contribution in [3.8, 4) is 0 Å². The molecule has 46 valence electrons. The van der Waals surface area contributed by atoms with E-state index in [4.69, 9.17) is 9.84 Å². The molecule has 0 amide bonds. The van der Waals surface area contributed by atoms with Gasteiger partial charge in [0.15, 0.2) is 0 Å². The number of ether oxygens (including phenoxy) is 1. The standard InChI is InChI=1S/C4H10O2.Bi.3H/c1-2-6-4-3-5;;;;/h5H,2-4H2,1H3;;;;. The zero-order valence-electron chi connectivity index (χ0n) is 4.68. The molecule has 0 heterocycles. The first-order valence-corrected chi connectivity index (χ1v) is 2.10. The van der Waals surface area contributed by atoms with E-state index in [1.54, 1.807) is 0 Å². The third-order valence-electron chi connectivity index (χ3n) is 0.440. The molecular formula is C4H13BiO2. The van der Waals surface area contributed by atoms with Crippen molar-refractivity contribution in [2.24, 2.45) is 0 Å². The van der Waals surface area contributed by atoms with Crippen molar-refractivity contribution in [2.75, 3.05) is 19.8 Å². The number of aliphatic hydroxyl groups is 1.